The van der Waals surface area contributed by atoms with E-state index in [9.17, 15) is 0 Å². The van der Waals surface area contributed by atoms with Crippen LogP contribution in [0.1, 0.15) is 12.6 Å². The molecular weight excluding hydrogens is 290 g/mol. The molecule has 1 aromatic heterocycles. The molecule has 0 spiro atoms. The van der Waals surface area contributed by atoms with Gasteiger partial charge in [0.15, 0.2) is 6.73 Å². The van der Waals surface area contributed by atoms with Crippen molar-refractivity contribution < 1.29 is 4.74 Å². The number of aromatic nitrogens is 2. The maximum Gasteiger partial charge on any atom is 0.213 e. The largest absolute Gasteiger partial charge is 0.455 e. The number of aryl methyl sites for hydroxylation is 1. The first-order valence-corrected chi connectivity index (χ1v) is 7.51. The van der Waals surface area contributed by atoms with Crippen LogP contribution in [0.3, 0.4) is 0 Å². The summed E-state index contributed by atoms with van der Waals surface area (Å²) < 4.78 is 7.67. The minimum Gasteiger partial charge on any atom is -0.455 e. The Morgan fingerprint density at radius 3 is 2.83 bits per heavy atom. The molecule has 2 rings (SSSR count). The third-order valence-electron chi connectivity index (χ3n) is 3.17. The Kier molecular flexibility index (Phi) is 5.94. The van der Waals surface area contributed by atoms with Gasteiger partial charge in [0.25, 0.3) is 0 Å². The molecule has 1 aromatic carbocycles. The molecule has 0 unspecified atom stereocenters. The van der Waals surface area contributed by atoms with E-state index in [1.807, 2.05) is 50.2 Å². The van der Waals surface area contributed by atoms with E-state index in [0.29, 0.717) is 19.0 Å². The van der Waals surface area contributed by atoms with Crippen LogP contribution in [0.4, 0.5) is 5.69 Å². The van der Waals surface area contributed by atoms with Gasteiger partial charge in [-0.05, 0) is 32.1 Å². The van der Waals surface area contributed by atoms with E-state index in [-0.39, 0.29) is 6.73 Å². The lowest BCUT2D eigenvalue weighted by Gasteiger charge is -2.20. The van der Waals surface area contributed by atoms with Gasteiger partial charge in [0.05, 0.1) is 23.6 Å². The van der Waals surface area contributed by atoms with E-state index in [0.717, 1.165) is 17.1 Å². The topological polar surface area (TPSA) is 68.7 Å². The fourth-order valence-electron chi connectivity index (χ4n) is 2.04. The minimum absolute atomic E-state index is 0.269. The third-order valence-corrected chi connectivity index (χ3v) is 3.17. The van der Waals surface area contributed by atoms with E-state index < -0.39 is 0 Å². The Morgan fingerprint density at radius 1 is 1.43 bits per heavy atom. The summed E-state index contributed by atoms with van der Waals surface area (Å²) in [5.74, 6) is 0.681. The summed E-state index contributed by atoms with van der Waals surface area (Å²) in [7, 11) is 0. The smallest absolute Gasteiger partial charge is 0.213 e. The van der Waals surface area contributed by atoms with Crippen molar-refractivity contribution >= 4 is 11.4 Å². The highest BCUT2D eigenvalue weighted by atomic mass is 16.5. The van der Waals surface area contributed by atoms with Crippen molar-refractivity contribution in [3.05, 3.63) is 54.7 Å². The van der Waals surface area contributed by atoms with Gasteiger partial charge in [0, 0.05) is 12.6 Å². The molecular formula is C17H23N5O. The third kappa shape index (κ3) is 4.69. The number of nitrogens with two attached hydrogens (primary N) is 1. The zero-order chi connectivity index (χ0) is 16.7. The molecule has 6 heteroatoms. The van der Waals surface area contributed by atoms with E-state index >= 15 is 0 Å². The van der Waals surface area contributed by atoms with Gasteiger partial charge in [-0.1, -0.05) is 24.8 Å². The summed E-state index contributed by atoms with van der Waals surface area (Å²) in [5.41, 5.74) is 8.25. The normalized spacial score (nSPS) is 11.3. The first kappa shape index (κ1) is 16.8. The van der Waals surface area contributed by atoms with Gasteiger partial charge in [0.2, 0.25) is 5.88 Å². The Balaban J connectivity index is 2.17. The standard InChI is InChI=1S/C17H23N5O/c1-4-14(2)19-22(16-8-6-5-7-9-16)13-23-17-12-15(3)20-21(17)11-10-18/h4-9,12H,1,10-11,13,18H2,2-3H3/b19-14-. The minimum atomic E-state index is 0.269. The van der Waals surface area contributed by atoms with Gasteiger partial charge in [-0.3, -0.25) is 0 Å². The van der Waals surface area contributed by atoms with Gasteiger partial charge in [-0.2, -0.15) is 10.2 Å². The van der Waals surface area contributed by atoms with Crippen LogP contribution in [-0.4, -0.2) is 28.8 Å². The van der Waals surface area contributed by atoms with Crippen molar-refractivity contribution in [2.24, 2.45) is 10.8 Å². The number of hydrogen-bond acceptors (Lipinski definition) is 5. The summed E-state index contributed by atoms with van der Waals surface area (Å²) in [6, 6.07) is 11.7. The monoisotopic (exact) mass is 313 g/mol. The second-order valence-corrected chi connectivity index (χ2v) is 5.09. The number of allylic oxidation sites excluding steroid dienone is 1. The summed E-state index contributed by atoms with van der Waals surface area (Å²) in [6.45, 7) is 8.95. The summed E-state index contributed by atoms with van der Waals surface area (Å²) >= 11 is 0. The number of anilines is 1. The van der Waals surface area contributed by atoms with Crippen molar-refractivity contribution in [3.63, 3.8) is 0 Å². The van der Waals surface area contributed by atoms with Crippen molar-refractivity contribution in [3.8, 4) is 5.88 Å². The second kappa shape index (κ2) is 8.14. The van der Waals surface area contributed by atoms with Crippen LogP contribution in [0, 0.1) is 6.92 Å². The molecule has 0 bridgehead atoms. The molecule has 2 aromatic rings. The number of benzene rings is 1. The Bertz CT molecular complexity index is 663. The molecule has 0 amide bonds. The quantitative estimate of drug-likeness (QED) is 0.462. The lowest BCUT2D eigenvalue weighted by molar-refractivity contribution is 0.282. The van der Waals surface area contributed by atoms with E-state index in [1.54, 1.807) is 15.8 Å². The zero-order valence-corrected chi connectivity index (χ0v) is 13.6. The summed E-state index contributed by atoms with van der Waals surface area (Å²) in [4.78, 5) is 0. The van der Waals surface area contributed by atoms with Crippen LogP contribution in [0.25, 0.3) is 0 Å². The Morgan fingerprint density at radius 2 is 2.17 bits per heavy atom. The van der Waals surface area contributed by atoms with Crippen molar-refractivity contribution in [1.82, 2.24) is 9.78 Å². The molecule has 0 saturated carbocycles. The Hall–Kier alpha value is -2.60. The first-order valence-electron chi connectivity index (χ1n) is 7.51. The zero-order valence-electron chi connectivity index (χ0n) is 13.6. The molecule has 0 aliphatic heterocycles. The molecule has 6 nitrogen and oxygen atoms in total. The van der Waals surface area contributed by atoms with Crippen LogP contribution in [0.2, 0.25) is 0 Å². The van der Waals surface area contributed by atoms with Crippen LogP contribution in [-0.2, 0) is 6.54 Å². The predicted octanol–water partition coefficient (Wildman–Crippen LogP) is 2.56. The number of para-hydroxylation sites is 1. The van der Waals surface area contributed by atoms with Gasteiger partial charge in [-0.15, -0.1) is 0 Å². The predicted molar refractivity (Wildman–Crippen MR) is 93.7 cm³/mol. The van der Waals surface area contributed by atoms with Crippen LogP contribution in [0.15, 0.2) is 54.2 Å². The number of hydrogen-bond donors (Lipinski definition) is 1. The molecule has 0 saturated heterocycles. The molecule has 2 N–H and O–H groups in total. The molecule has 1 heterocycles. The molecule has 0 fully saturated rings. The van der Waals surface area contributed by atoms with Crippen LogP contribution >= 0.6 is 0 Å². The molecule has 0 radical (unpaired) electrons. The average molecular weight is 313 g/mol. The van der Waals surface area contributed by atoms with Crippen LogP contribution in [0.5, 0.6) is 5.88 Å². The highest BCUT2D eigenvalue weighted by Crippen LogP contribution is 2.17. The Labute approximate surface area is 136 Å². The maximum absolute atomic E-state index is 5.90. The summed E-state index contributed by atoms with van der Waals surface area (Å²) in [5, 5.41) is 10.7. The highest BCUT2D eigenvalue weighted by Gasteiger charge is 2.10. The van der Waals surface area contributed by atoms with Crippen molar-refractivity contribution in [1.29, 1.82) is 0 Å². The first-order chi connectivity index (χ1) is 11.1. The average Bonchev–Trinajstić information content (AvgIpc) is 2.92. The lowest BCUT2D eigenvalue weighted by atomic mass is 10.3. The van der Waals surface area contributed by atoms with E-state index in [4.69, 9.17) is 10.5 Å². The van der Waals surface area contributed by atoms with Crippen molar-refractivity contribution in [2.45, 2.75) is 20.4 Å². The number of rotatable bonds is 8. The fraction of sp³-hybridized carbons (Fsp3) is 0.294. The van der Waals surface area contributed by atoms with Gasteiger partial charge in [0.1, 0.15) is 0 Å². The second-order valence-electron chi connectivity index (χ2n) is 5.09. The molecule has 23 heavy (non-hydrogen) atoms. The van der Waals surface area contributed by atoms with Gasteiger partial charge >= 0.3 is 0 Å². The van der Waals surface area contributed by atoms with Crippen molar-refractivity contribution in [2.75, 3.05) is 18.3 Å². The molecule has 0 aliphatic carbocycles. The molecule has 122 valence electrons. The van der Waals surface area contributed by atoms with Crippen LogP contribution < -0.4 is 15.5 Å². The summed E-state index contributed by atoms with van der Waals surface area (Å²) in [6.07, 6.45) is 1.71. The number of hydrazone groups is 1. The van der Waals surface area contributed by atoms with Gasteiger partial charge in [-0.25, -0.2) is 9.69 Å². The van der Waals surface area contributed by atoms with E-state index in [2.05, 4.69) is 16.8 Å². The number of ether oxygens (including phenoxy) is 1. The maximum atomic E-state index is 5.90. The number of nitrogens with zero attached hydrogens (tertiary/aromatic N) is 4. The highest BCUT2D eigenvalue weighted by molar-refractivity contribution is 5.92. The molecule has 0 atom stereocenters. The molecule has 0 aliphatic rings. The van der Waals surface area contributed by atoms with E-state index in [1.165, 1.54) is 0 Å². The fourth-order valence-corrected chi connectivity index (χ4v) is 2.04. The SMILES string of the molecule is C=C/C(C)=N\N(COc1cc(C)nn1CCN)c1ccccc1. The van der Waals surface area contributed by atoms with Gasteiger partial charge < -0.3 is 10.5 Å². The lowest BCUT2D eigenvalue weighted by Crippen LogP contribution is -2.24.